The van der Waals surface area contributed by atoms with Gasteiger partial charge in [0.25, 0.3) is 0 Å². The zero-order valence-electron chi connectivity index (χ0n) is 5.27. The highest BCUT2D eigenvalue weighted by atomic mass is 127. The van der Waals surface area contributed by atoms with Crippen LogP contribution in [0.4, 0.5) is 0 Å². The van der Waals surface area contributed by atoms with Crippen molar-refractivity contribution in [1.29, 1.82) is 0 Å². The Morgan fingerprint density at radius 3 is 2.33 bits per heavy atom. The first-order valence-electron chi connectivity index (χ1n) is 2.63. The number of hydrogen-bond donors (Lipinski definition) is 0. The van der Waals surface area contributed by atoms with E-state index < -0.39 is 0 Å². The molecule has 0 unspecified atom stereocenters. The third kappa shape index (κ3) is 1.26. The summed E-state index contributed by atoms with van der Waals surface area (Å²) in [5.74, 6) is -0.232. The van der Waals surface area contributed by atoms with E-state index in [-0.39, 0.29) is 11.6 Å². The molecule has 0 spiro atoms. The summed E-state index contributed by atoms with van der Waals surface area (Å²) in [4.78, 5) is 10.6. The fourth-order valence-corrected chi connectivity index (χ4v) is 0.971. The second kappa shape index (κ2) is 1.97. The highest BCUT2D eigenvalue weighted by Crippen LogP contribution is 2.31. The van der Waals surface area contributed by atoms with Gasteiger partial charge < -0.3 is 4.74 Å². The van der Waals surface area contributed by atoms with Crippen LogP contribution in [0.25, 0.3) is 0 Å². The average molecular weight is 238 g/mol. The summed E-state index contributed by atoms with van der Waals surface area (Å²) < 4.78 is 5.88. The topological polar surface area (TPSA) is 26.3 Å². The lowest BCUT2D eigenvalue weighted by molar-refractivity contribution is -0.143. The molecule has 3 heteroatoms. The molecule has 0 N–H and O–H groups in total. The molecule has 1 aliphatic rings. The van der Waals surface area contributed by atoms with Gasteiger partial charge >= 0.3 is 5.97 Å². The molecule has 1 aliphatic heterocycles. The molecule has 50 valence electrons. The zero-order valence-corrected chi connectivity index (χ0v) is 7.43. The van der Waals surface area contributed by atoms with Crippen molar-refractivity contribution in [1.82, 2.24) is 0 Å². The third-order valence-corrected chi connectivity index (χ3v) is 2.79. The Morgan fingerprint density at radius 1 is 1.67 bits per heavy atom. The highest BCUT2D eigenvalue weighted by molar-refractivity contribution is 14.1. The number of hydrogen-bond acceptors (Lipinski definition) is 2. The highest BCUT2D eigenvalue weighted by Gasteiger charge is 2.31. The van der Waals surface area contributed by atoms with Crippen LogP contribution in [0.5, 0.6) is 0 Å². The first-order valence-corrected chi connectivity index (χ1v) is 3.71. The predicted molar refractivity (Wildman–Crippen MR) is 42.3 cm³/mol. The van der Waals surface area contributed by atoms with E-state index in [1.54, 1.807) is 0 Å². The smallest absolute Gasteiger partial charge is 0.332 e. The maximum absolute atomic E-state index is 10.6. The second-order valence-corrected chi connectivity index (χ2v) is 3.59. The summed E-state index contributed by atoms with van der Waals surface area (Å²) in [6.07, 6.45) is 1.51. The lowest BCUT2D eigenvalue weighted by Crippen LogP contribution is -2.20. The molecule has 0 amide bonds. The van der Waals surface area contributed by atoms with E-state index in [0.717, 1.165) is 3.58 Å². The molecule has 2 nitrogen and oxygen atoms in total. The van der Waals surface area contributed by atoms with Crippen LogP contribution in [0.2, 0.25) is 0 Å². The molecule has 0 aromatic heterocycles. The van der Waals surface area contributed by atoms with Crippen LogP contribution in [-0.4, -0.2) is 11.6 Å². The summed E-state index contributed by atoms with van der Waals surface area (Å²) in [5, 5.41) is 0. The normalized spacial score (nSPS) is 23.4. The molecule has 0 saturated heterocycles. The lowest BCUT2D eigenvalue weighted by atomic mass is 10.1. The van der Waals surface area contributed by atoms with Crippen LogP contribution >= 0.6 is 22.6 Å². The van der Waals surface area contributed by atoms with E-state index in [1.807, 2.05) is 13.8 Å². The van der Waals surface area contributed by atoms with Crippen LogP contribution in [-0.2, 0) is 9.53 Å². The van der Waals surface area contributed by atoms with E-state index in [4.69, 9.17) is 4.74 Å². The van der Waals surface area contributed by atoms with Gasteiger partial charge in [-0.25, -0.2) is 4.79 Å². The van der Waals surface area contributed by atoms with E-state index in [1.165, 1.54) is 6.08 Å². The molecular formula is C6H7IO2. The number of carbonyl (C=O) groups is 1. The summed E-state index contributed by atoms with van der Waals surface area (Å²) in [7, 11) is 0. The predicted octanol–water partition coefficient (Wildman–Crippen LogP) is 1.64. The SMILES string of the molecule is CC1(C)OC(=O)C=C1I. The zero-order chi connectivity index (χ0) is 7.07. The number of cyclic esters (lactones) is 1. The van der Waals surface area contributed by atoms with Crippen molar-refractivity contribution >= 4 is 28.6 Å². The summed E-state index contributed by atoms with van der Waals surface area (Å²) >= 11 is 2.11. The largest absolute Gasteiger partial charge is 0.451 e. The summed E-state index contributed by atoms with van der Waals surface area (Å²) in [6.45, 7) is 3.74. The Labute approximate surface area is 67.4 Å². The van der Waals surface area contributed by atoms with Crippen molar-refractivity contribution in [3.8, 4) is 0 Å². The molecule has 0 atom stereocenters. The van der Waals surface area contributed by atoms with Gasteiger partial charge in [-0.3, -0.25) is 0 Å². The van der Waals surface area contributed by atoms with Crippen molar-refractivity contribution in [2.24, 2.45) is 0 Å². The summed E-state index contributed by atoms with van der Waals surface area (Å²) in [5.41, 5.74) is -0.377. The Balaban J connectivity index is 2.89. The maximum Gasteiger partial charge on any atom is 0.332 e. The summed E-state index contributed by atoms with van der Waals surface area (Å²) in [6, 6.07) is 0. The van der Waals surface area contributed by atoms with Crippen LogP contribution in [0, 0.1) is 0 Å². The molecule has 0 fully saturated rings. The number of ether oxygens (including phenoxy) is 1. The van der Waals surface area contributed by atoms with Gasteiger partial charge in [-0.1, -0.05) is 0 Å². The molecule has 1 heterocycles. The fourth-order valence-electron chi connectivity index (χ4n) is 0.607. The Kier molecular flexibility index (Phi) is 1.54. The van der Waals surface area contributed by atoms with Crippen molar-refractivity contribution < 1.29 is 9.53 Å². The molecule has 0 aliphatic carbocycles. The lowest BCUT2D eigenvalue weighted by Gasteiger charge is -2.16. The molecule has 1 rings (SSSR count). The van der Waals surface area contributed by atoms with Gasteiger partial charge in [-0.2, -0.15) is 0 Å². The molecular weight excluding hydrogens is 231 g/mol. The van der Waals surface area contributed by atoms with Gasteiger partial charge in [0.2, 0.25) is 0 Å². The van der Waals surface area contributed by atoms with Crippen LogP contribution in [0.1, 0.15) is 13.8 Å². The van der Waals surface area contributed by atoms with Gasteiger partial charge in [0, 0.05) is 9.66 Å². The van der Waals surface area contributed by atoms with Gasteiger partial charge in [0.15, 0.2) is 0 Å². The Hall–Kier alpha value is -0.0600. The van der Waals surface area contributed by atoms with E-state index >= 15 is 0 Å². The minimum Gasteiger partial charge on any atom is -0.451 e. The van der Waals surface area contributed by atoms with Crippen LogP contribution in [0.3, 0.4) is 0 Å². The standard InChI is InChI=1S/C6H7IO2/c1-6(2)4(7)3-5(8)9-6/h3H,1-2H3. The van der Waals surface area contributed by atoms with Crippen molar-refractivity contribution in [3.05, 3.63) is 9.66 Å². The minimum atomic E-state index is -0.377. The molecule has 0 radical (unpaired) electrons. The third-order valence-electron chi connectivity index (χ3n) is 1.18. The van der Waals surface area contributed by atoms with Gasteiger partial charge in [-0.05, 0) is 36.4 Å². The molecule has 0 aromatic carbocycles. The maximum atomic E-state index is 10.6. The van der Waals surface area contributed by atoms with Crippen molar-refractivity contribution in [2.75, 3.05) is 0 Å². The second-order valence-electron chi connectivity index (χ2n) is 2.42. The van der Waals surface area contributed by atoms with Crippen LogP contribution < -0.4 is 0 Å². The molecule has 0 bridgehead atoms. The van der Waals surface area contributed by atoms with E-state index in [2.05, 4.69) is 22.6 Å². The molecule has 0 aromatic rings. The number of halogens is 1. The Bertz CT molecular complexity index is 181. The van der Waals surface area contributed by atoms with E-state index in [0.29, 0.717) is 0 Å². The number of esters is 1. The monoisotopic (exact) mass is 238 g/mol. The number of carbonyl (C=O) groups excluding carboxylic acids is 1. The molecule has 0 saturated carbocycles. The van der Waals surface area contributed by atoms with Crippen LogP contribution in [0.15, 0.2) is 9.66 Å². The number of rotatable bonds is 0. The van der Waals surface area contributed by atoms with Gasteiger partial charge in [-0.15, -0.1) is 0 Å². The first-order chi connectivity index (χ1) is 4.02. The van der Waals surface area contributed by atoms with Crippen molar-refractivity contribution in [2.45, 2.75) is 19.4 Å². The van der Waals surface area contributed by atoms with E-state index in [9.17, 15) is 4.79 Å². The Morgan fingerprint density at radius 2 is 2.22 bits per heavy atom. The van der Waals surface area contributed by atoms with Gasteiger partial charge in [0.05, 0.1) is 0 Å². The van der Waals surface area contributed by atoms with Crippen molar-refractivity contribution in [3.63, 3.8) is 0 Å². The van der Waals surface area contributed by atoms with Gasteiger partial charge in [0.1, 0.15) is 5.60 Å². The minimum absolute atomic E-state index is 0.232. The average Bonchev–Trinajstić information content (AvgIpc) is 1.79. The first kappa shape index (κ1) is 7.05. The molecule has 9 heavy (non-hydrogen) atoms. The quantitative estimate of drug-likeness (QED) is 0.473. The fraction of sp³-hybridized carbons (Fsp3) is 0.500.